The molecule has 0 radical (unpaired) electrons. The molecule has 0 unspecified atom stereocenters. The smallest absolute Gasteiger partial charge is 0.0482 e. The van der Waals surface area contributed by atoms with E-state index in [1.54, 1.807) is 11.1 Å². The molecule has 0 saturated carbocycles. The van der Waals surface area contributed by atoms with Gasteiger partial charge in [-0.2, -0.15) is 0 Å². The van der Waals surface area contributed by atoms with Crippen molar-refractivity contribution in [3.05, 3.63) is 58.3 Å². The van der Waals surface area contributed by atoms with E-state index >= 15 is 0 Å². The standard InChI is InChI=1S/C20H25N/c1-14-12-17(13-15(14)2)8-7-10-18-16(3)21(4)20-11-6-5-9-19(18)20/h5-6,9,11-12H,7-8,10,13H2,1-4H3. The van der Waals surface area contributed by atoms with Crippen LogP contribution in [0, 0.1) is 6.92 Å². The maximum atomic E-state index is 2.39. The third-order valence-electron chi connectivity index (χ3n) is 5.04. The van der Waals surface area contributed by atoms with Crippen LogP contribution in [0.4, 0.5) is 0 Å². The quantitative estimate of drug-likeness (QED) is 0.698. The molecular weight excluding hydrogens is 254 g/mol. The van der Waals surface area contributed by atoms with Crippen molar-refractivity contribution >= 4 is 10.9 Å². The van der Waals surface area contributed by atoms with Crippen LogP contribution in [0.2, 0.25) is 0 Å². The first-order chi connectivity index (χ1) is 10.1. The zero-order chi connectivity index (χ0) is 15.0. The fourth-order valence-electron chi connectivity index (χ4n) is 3.53. The van der Waals surface area contributed by atoms with Gasteiger partial charge in [0, 0.05) is 23.6 Å². The SMILES string of the molecule is CC1=C(C)CC(CCCc2c(C)n(C)c3ccccc23)=C1. The van der Waals surface area contributed by atoms with Crippen LogP contribution in [0.15, 0.2) is 47.1 Å². The molecule has 0 atom stereocenters. The summed E-state index contributed by atoms with van der Waals surface area (Å²) in [5, 5.41) is 1.43. The lowest BCUT2D eigenvalue weighted by Crippen LogP contribution is -1.93. The number of nitrogens with zero attached hydrogens (tertiary/aromatic N) is 1. The Morgan fingerprint density at radius 1 is 1.05 bits per heavy atom. The van der Waals surface area contributed by atoms with Crippen molar-refractivity contribution in [1.82, 2.24) is 4.57 Å². The fraction of sp³-hybridized carbons (Fsp3) is 0.400. The minimum atomic E-state index is 1.18. The lowest BCUT2D eigenvalue weighted by Gasteiger charge is -2.05. The highest BCUT2D eigenvalue weighted by atomic mass is 14.9. The summed E-state index contributed by atoms with van der Waals surface area (Å²) in [6.07, 6.45) is 7.26. The Labute approximate surface area is 128 Å². The molecule has 110 valence electrons. The normalized spacial score (nSPS) is 15.1. The van der Waals surface area contributed by atoms with E-state index in [0.717, 1.165) is 0 Å². The third kappa shape index (κ3) is 2.57. The first kappa shape index (κ1) is 14.2. The van der Waals surface area contributed by atoms with Gasteiger partial charge in [-0.25, -0.2) is 0 Å². The molecule has 1 nitrogen and oxygen atoms in total. The molecule has 1 aliphatic carbocycles. The van der Waals surface area contributed by atoms with Gasteiger partial charge in [0.1, 0.15) is 0 Å². The molecular formula is C20H25N. The molecule has 1 heterocycles. The molecule has 1 aromatic carbocycles. The van der Waals surface area contributed by atoms with E-state index in [1.807, 2.05) is 0 Å². The number of benzene rings is 1. The molecule has 0 fully saturated rings. The van der Waals surface area contributed by atoms with Crippen LogP contribution in [0.1, 0.15) is 44.4 Å². The Bertz CT molecular complexity index is 741. The summed E-state index contributed by atoms with van der Waals surface area (Å²) in [5.41, 5.74) is 8.95. The van der Waals surface area contributed by atoms with Gasteiger partial charge in [-0.15, -0.1) is 0 Å². The summed E-state index contributed by atoms with van der Waals surface area (Å²) in [6.45, 7) is 6.74. The molecule has 1 aromatic heterocycles. The molecule has 0 bridgehead atoms. The third-order valence-corrected chi connectivity index (χ3v) is 5.04. The van der Waals surface area contributed by atoms with E-state index in [9.17, 15) is 0 Å². The van der Waals surface area contributed by atoms with Crippen LogP contribution in [0.5, 0.6) is 0 Å². The summed E-state index contributed by atoms with van der Waals surface area (Å²) in [6, 6.07) is 8.78. The van der Waals surface area contributed by atoms with Gasteiger partial charge in [-0.05, 0) is 58.1 Å². The number of aromatic nitrogens is 1. The Hall–Kier alpha value is -1.76. The van der Waals surface area contributed by atoms with Crippen LogP contribution >= 0.6 is 0 Å². The molecule has 1 aliphatic rings. The topological polar surface area (TPSA) is 4.93 Å². The van der Waals surface area contributed by atoms with E-state index in [-0.39, 0.29) is 0 Å². The minimum absolute atomic E-state index is 1.18. The second-order valence-corrected chi connectivity index (χ2v) is 6.44. The van der Waals surface area contributed by atoms with E-state index in [1.165, 1.54) is 53.4 Å². The van der Waals surface area contributed by atoms with Crippen molar-refractivity contribution in [3.8, 4) is 0 Å². The highest BCUT2D eigenvalue weighted by Crippen LogP contribution is 2.30. The van der Waals surface area contributed by atoms with Crippen molar-refractivity contribution in [2.45, 2.75) is 46.5 Å². The largest absolute Gasteiger partial charge is 0.348 e. The second-order valence-electron chi connectivity index (χ2n) is 6.44. The van der Waals surface area contributed by atoms with Gasteiger partial charge in [0.25, 0.3) is 0 Å². The Balaban J connectivity index is 1.72. The number of rotatable bonds is 4. The number of para-hydroxylation sites is 1. The highest BCUT2D eigenvalue weighted by Gasteiger charge is 2.13. The van der Waals surface area contributed by atoms with E-state index < -0.39 is 0 Å². The fourth-order valence-corrected chi connectivity index (χ4v) is 3.53. The summed E-state index contributed by atoms with van der Waals surface area (Å²) in [7, 11) is 2.18. The number of hydrogen-bond donors (Lipinski definition) is 0. The predicted molar refractivity (Wildman–Crippen MR) is 91.7 cm³/mol. The number of allylic oxidation sites excluding steroid dienone is 4. The van der Waals surface area contributed by atoms with Gasteiger partial charge >= 0.3 is 0 Å². The van der Waals surface area contributed by atoms with Gasteiger partial charge < -0.3 is 4.57 Å². The molecule has 0 amide bonds. The summed E-state index contributed by atoms with van der Waals surface area (Å²) in [4.78, 5) is 0. The van der Waals surface area contributed by atoms with Crippen molar-refractivity contribution in [1.29, 1.82) is 0 Å². The van der Waals surface area contributed by atoms with Gasteiger partial charge in [0.15, 0.2) is 0 Å². The van der Waals surface area contributed by atoms with Crippen molar-refractivity contribution in [2.24, 2.45) is 7.05 Å². The van der Waals surface area contributed by atoms with Gasteiger partial charge in [-0.3, -0.25) is 0 Å². The molecule has 2 aromatic rings. The zero-order valence-corrected chi connectivity index (χ0v) is 13.7. The summed E-state index contributed by atoms with van der Waals surface area (Å²) in [5.74, 6) is 0. The van der Waals surface area contributed by atoms with Crippen LogP contribution < -0.4 is 0 Å². The van der Waals surface area contributed by atoms with Gasteiger partial charge in [-0.1, -0.05) is 41.0 Å². The second kappa shape index (κ2) is 5.55. The van der Waals surface area contributed by atoms with Crippen molar-refractivity contribution in [3.63, 3.8) is 0 Å². The first-order valence-corrected chi connectivity index (χ1v) is 7.96. The van der Waals surface area contributed by atoms with Crippen LogP contribution in [0.25, 0.3) is 10.9 Å². The van der Waals surface area contributed by atoms with Crippen molar-refractivity contribution in [2.75, 3.05) is 0 Å². The Morgan fingerprint density at radius 3 is 2.52 bits per heavy atom. The van der Waals surface area contributed by atoms with E-state index in [0.29, 0.717) is 0 Å². The summed E-state index contributed by atoms with van der Waals surface area (Å²) >= 11 is 0. The average Bonchev–Trinajstić information content (AvgIpc) is 2.92. The maximum absolute atomic E-state index is 2.39. The first-order valence-electron chi connectivity index (χ1n) is 7.96. The van der Waals surface area contributed by atoms with Crippen LogP contribution in [-0.2, 0) is 13.5 Å². The highest BCUT2D eigenvalue weighted by molar-refractivity contribution is 5.85. The monoisotopic (exact) mass is 279 g/mol. The lowest BCUT2D eigenvalue weighted by atomic mass is 10.0. The Kier molecular flexibility index (Phi) is 3.75. The average molecular weight is 279 g/mol. The molecule has 0 aliphatic heterocycles. The summed E-state index contributed by atoms with van der Waals surface area (Å²) < 4.78 is 2.33. The minimum Gasteiger partial charge on any atom is -0.348 e. The molecule has 0 saturated heterocycles. The van der Waals surface area contributed by atoms with E-state index in [4.69, 9.17) is 0 Å². The van der Waals surface area contributed by atoms with Gasteiger partial charge in [0.05, 0.1) is 0 Å². The molecule has 3 rings (SSSR count). The van der Waals surface area contributed by atoms with Crippen LogP contribution in [-0.4, -0.2) is 4.57 Å². The predicted octanol–water partition coefficient (Wildman–Crippen LogP) is 5.48. The number of hydrogen-bond acceptors (Lipinski definition) is 0. The maximum Gasteiger partial charge on any atom is 0.0482 e. The van der Waals surface area contributed by atoms with Crippen LogP contribution in [0.3, 0.4) is 0 Å². The molecule has 0 N–H and O–H groups in total. The lowest BCUT2D eigenvalue weighted by molar-refractivity contribution is 0.787. The number of aryl methyl sites for hydroxylation is 2. The zero-order valence-electron chi connectivity index (χ0n) is 13.7. The van der Waals surface area contributed by atoms with E-state index in [2.05, 4.69) is 62.7 Å². The Morgan fingerprint density at radius 2 is 1.81 bits per heavy atom. The molecule has 21 heavy (non-hydrogen) atoms. The van der Waals surface area contributed by atoms with Gasteiger partial charge in [0.2, 0.25) is 0 Å². The molecule has 0 spiro atoms. The molecule has 1 heteroatoms. The number of fused-ring (bicyclic) bond motifs is 1. The van der Waals surface area contributed by atoms with Crippen molar-refractivity contribution < 1.29 is 0 Å².